The van der Waals surface area contributed by atoms with Gasteiger partial charge in [-0.1, -0.05) is 36.4 Å². The molecule has 0 saturated heterocycles. The van der Waals surface area contributed by atoms with E-state index >= 15 is 0 Å². The number of rotatable bonds is 2. The van der Waals surface area contributed by atoms with Gasteiger partial charge in [-0.25, -0.2) is 0 Å². The third-order valence-corrected chi connectivity index (χ3v) is 7.18. The molecule has 0 spiro atoms. The number of anilines is 4. The zero-order chi connectivity index (χ0) is 23.9. The molecule has 2 aliphatic heterocycles. The number of aromatic nitrogens is 1. The minimum Gasteiger partial charge on any atom is -0.354 e. The fraction of sp³-hybridized carbons (Fsp3) is 0.200. The van der Waals surface area contributed by atoms with Crippen molar-refractivity contribution in [3.63, 3.8) is 0 Å². The van der Waals surface area contributed by atoms with Gasteiger partial charge in [0.15, 0.2) is 0 Å². The van der Waals surface area contributed by atoms with Crippen LogP contribution in [0.2, 0.25) is 0 Å². The van der Waals surface area contributed by atoms with Gasteiger partial charge in [0.05, 0.1) is 22.1 Å². The summed E-state index contributed by atoms with van der Waals surface area (Å²) in [5, 5.41) is 4.44. The van der Waals surface area contributed by atoms with Crippen molar-refractivity contribution in [3.8, 4) is 0 Å². The van der Waals surface area contributed by atoms with Crippen LogP contribution in [-0.2, 0) is 0 Å². The monoisotopic (exact) mass is 457 g/mol. The maximum atomic E-state index is 5.07. The number of nitrogens with zero attached hydrogens (tertiary/aromatic N) is 4. The van der Waals surface area contributed by atoms with Crippen molar-refractivity contribution in [3.05, 3.63) is 95.6 Å². The summed E-state index contributed by atoms with van der Waals surface area (Å²) >= 11 is 0. The van der Waals surface area contributed by atoms with Crippen LogP contribution in [0.5, 0.6) is 0 Å². The molecule has 0 atom stereocenters. The first-order valence-electron chi connectivity index (χ1n) is 12.1. The number of para-hydroxylation sites is 2. The summed E-state index contributed by atoms with van der Waals surface area (Å²) < 4.78 is 0. The third kappa shape index (κ3) is 2.88. The zero-order valence-corrected chi connectivity index (χ0v) is 20.4. The number of H-pyrrole nitrogens is 1. The van der Waals surface area contributed by atoms with E-state index in [1.54, 1.807) is 0 Å². The van der Waals surface area contributed by atoms with Crippen LogP contribution in [0.25, 0.3) is 21.8 Å². The van der Waals surface area contributed by atoms with Gasteiger partial charge in [0, 0.05) is 33.2 Å². The lowest BCUT2D eigenvalue weighted by atomic mass is 10.1. The summed E-state index contributed by atoms with van der Waals surface area (Å²) in [6.07, 6.45) is 0. The smallest absolute Gasteiger partial charge is 0.131 e. The highest BCUT2D eigenvalue weighted by Crippen LogP contribution is 2.41. The molecule has 0 bridgehead atoms. The first-order valence-corrected chi connectivity index (χ1v) is 12.1. The normalized spacial score (nSPS) is 17.4. The van der Waals surface area contributed by atoms with Gasteiger partial charge in [-0.2, -0.15) is 0 Å². The van der Waals surface area contributed by atoms with Gasteiger partial charge in [0.25, 0.3) is 0 Å². The van der Waals surface area contributed by atoms with Crippen molar-refractivity contribution in [2.24, 2.45) is 9.98 Å². The van der Waals surface area contributed by atoms with Gasteiger partial charge in [-0.3, -0.25) is 9.98 Å². The van der Waals surface area contributed by atoms with E-state index in [4.69, 9.17) is 9.98 Å². The molecule has 0 unspecified atom stereocenters. The SMILES string of the molecule is CC1(C)N=c2cc3[nH]c4cc5c(cc4c3cc2N1c1ccccc1)N(c1ccccc1)C(C)(C)N=5. The molecule has 5 nitrogen and oxygen atoms in total. The molecule has 3 heterocycles. The van der Waals surface area contributed by atoms with Crippen molar-refractivity contribution in [1.82, 2.24) is 4.98 Å². The van der Waals surface area contributed by atoms with Crippen LogP contribution in [0.15, 0.2) is 94.9 Å². The molecule has 7 rings (SSSR count). The van der Waals surface area contributed by atoms with E-state index in [2.05, 4.69) is 127 Å². The zero-order valence-electron chi connectivity index (χ0n) is 20.4. The molecule has 0 fully saturated rings. The van der Waals surface area contributed by atoms with E-state index in [9.17, 15) is 0 Å². The average Bonchev–Trinajstić information content (AvgIpc) is 3.39. The van der Waals surface area contributed by atoms with E-state index in [0.717, 1.165) is 44.5 Å². The van der Waals surface area contributed by atoms with E-state index in [1.165, 1.54) is 10.8 Å². The standard InChI is InChI=1S/C30H27N5/c1-29(2)32-25-17-23-21(15-27(25)34(29)19-11-7-5-8-12-19)22-16-28-26(18-24(22)31-23)33-30(3,4)35(28)20-13-9-6-10-14-20/h5-18,31H,1-4H3. The van der Waals surface area contributed by atoms with Crippen LogP contribution in [-0.4, -0.2) is 16.3 Å². The molecular weight excluding hydrogens is 430 g/mol. The summed E-state index contributed by atoms with van der Waals surface area (Å²) in [5.41, 5.74) is 6.07. The average molecular weight is 458 g/mol. The van der Waals surface area contributed by atoms with E-state index in [-0.39, 0.29) is 11.3 Å². The summed E-state index contributed by atoms with van der Waals surface area (Å²) in [6, 6.07) is 30.0. The minimum atomic E-state index is -0.355. The quantitative estimate of drug-likeness (QED) is 0.336. The lowest BCUT2D eigenvalue weighted by Crippen LogP contribution is -2.35. The van der Waals surface area contributed by atoms with Gasteiger partial charge < -0.3 is 14.8 Å². The van der Waals surface area contributed by atoms with Crippen molar-refractivity contribution >= 4 is 44.6 Å². The second-order valence-corrected chi connectivity index (χ2v) is 10.5. The topological polar surface area (TPSA) is 47.0 Å². The molecule has 0 radical (unpaired) electrons. The summed E-state index contributed by atoms with van der Waals surface area (Å²) in [5.74, 6) is 0. The van der Waals surface area contributed by atoms with Crippen molar-refractivity contribution in [1.29, 1.82) is 0 Å². The van der Waals surface area contributed by atoms with Crippen LogP contribution in [0, 0.1) is 0 Å². The molecule has 0 amide bonds. The Hall–Kier alpha value is -4.12. The fourth-order valence-electron chi connectivity index (χ4n) is 5.83. The molecule has 172 valence electrons. The van der Waals surface area contributed by atoms with Crippen molar-refractivity contribution in [2.45, 2.75) is 39.0 Å². The van der Waals surface area contributed by atoms with E-state index in [0.29, 0.717) is 0 Å². The van der Waals surface area contributed by atoms with Gasteiger partial charge in [-0.05, 0) is 76.2 Å². The third-order valence-electron chi connectivity index (χ3n) is 7.18. The molecule has 1 N–H and O–H groups in total. The Morgan fingerprint density at radius 3 is 1.37 bits per heavy atom. The van der Waals surface area contributed by atoms with Gasteiger partial charge in [0.2, 0.25) is 0 Å². The number of aromatic amines is 1. The van der Waals surface area contributed by atoms with E-state index in [1.807, 2.05) is 0 Å². The Morgan fingerprint density at radius 2 is 0.971 bits per heavy atom. The maximum Gasteiger partial charge on any atom is 0.131 e. The summed E-state index contributed by atoms with van der Waals surface area (Å²) in [4.78, 5) is 18.5. The Labute approximate surface area is 204 Å². The van der Waals surface area contributed by atoms with Gasteiger partial charge in [0.1, 0.15) is 11.3 Å². The van der Waals surface area contributed by atoms with Gasteiger partial charge >= 0.3 is 0 Å². The Kier molecular flexibility index (Phi) is 3.89. The minimum absolute atomic E-state index is 0.355. The summed E-state index contributed by atoms with van der Waals surface area (Å²) in [6.45, 7) is 8.67. The van der Waals surface area contributed by atoms with Crippen LogP contribution in [0.3, 0.4) is 0 Å². The predicted octanol–water partition coefficient (Wildman–Crippen LogP) is 6.34. The molecule has 5 aromatic rings. The molecule has 1 aromatic heterocycles. The number of hydrogen-bond donors (Lipinski definition) is 1. The Morgan fingerprint density at radius 1 is 0.571 bits per heavy atom. The fourth-order valence-corrected chi connectivity index (χ4v) is 5.83. The molecular formula is C30H27N5. The highest BCUT2D eigenvalue weighted by atomic mass is 15.3. The molecule has 2 aliphatic rings. The second-order valence-electron chi connectivity index (χ2n) is 10.5. The molecule has 0 aliphatic carbocycles. The highest BCUT2D eigenvalue weighted by molar-refractivity contribution is 6.09. The number of benzene rings is 4. The van der Waals surface area contributed by atoms with Crippen molar-refractivity contribution in [2.75, 3.05) is 9.80 Å². The highest BCUT2D eigenvalue weighted by Gasteiger charge is 2.35. The van der Waals surface area contributed by atoms with Gasteiger partial charge in [-0.15, -0.1) is 0 Å². The molecule has 4 aromatic carbocycles. The lowest BCUT2D eigenvalue weighted by Gasteiger charge is -2.32. The largest absolute Gasteiger partial charge is 0.354 e. The van der Waals surface area contributed by atoms with Crippen molar-refractivity contribution < 1.29 is 0 Å². The number of nitrogens with one attached hydrogen (secondary N) is 1. The number of fused-ring (bicyclic) bond motifs is 5. The molecule has 5 heteroatoms. The first kappa shape index (κ1) is 20.3. The predicted molar refractivity (Wildman–Crippen MR) is 143 cm³/mol. The van der Waals surface area contributed by atoms with Crippen LogP contribution < -0.4 is 20.5 Å². The van der Waals surface area contributed by atoms with Crippen LogP contribution in [0.1, 0.15) is 27.7 Å². The Balaban J connectivity index is 1.47. The first-order chi connectivity index (χ1) is 16.8. The maximum absolute atomic E-state index is 5.07. The van der Waals surface area contributed by atoms with Crippen LogP contribution >= 0.6 is 0 Å². The molecule has 35 heavy (non-hydrogen) atoms. The number of hydrogen-bond acceptors (Lipinski definition) is 4. The second kappa shape index (κ2) is 6.72. The Bertz CT molecular complexity index is 1620. The van der Waals surface area contributed by atoms with E-state index < -0.39 is 0 Å². The lowest BCUT2D eigenvalue weighted by molar-refractivity contribution is 0.544. The molecule has 0 saturated carbocycles. The summed E-state index contributed by atoms with van der Waals surface area (Å²) in [7, 11) is 0. The van der Waals surface area contributed by atoms with Crippen LogP contribution in [0.4, 0.5) is 22.7 Å².